The van der Waals surface area contributed by atoms with Gasteiger partial charge >= 0.3 is 0 Å². The summed E-state index contributed by atoms with van der Waals surface area (Å²) in [6, 6.07) is 8.48. The van der Waals surface area contributed by atoms with Gasteiger partial charge in [0.2, 0.25) is 5.91 Å². The van der Waals surface area contributed by atoms with Crippen molar-refractivity contribution < 1.29 is 4.79 Å². The zero-order valence-electron chi connectivity index (χ0n) is 15.2. The number of carbonyl (C=O) groups excluding carboxylic acids is 1. The van der Waals surface area contributed by atoms with Gasteiger partial charge in [0.15, 0.2) is 0 Å². The van der Waals surface area contributed by atoms with E-state index < -0.39 is 0 Å². The maximum Gasteiger partial charge on any atom is 0.233 e. The Balaban J connectivity index is 1.48. The van der Waals surface area contributed by atoms with E-state index in [1.165, 1.54) is 18.2 Å². The Kier molecular flexibility index (Phi) is 4.02. The number of aromatic nitrogens is 2. The topological polar surface area (TPSA) is 46.1 Å². The minimum absolute atomic E-state index is 0.242. The smallest absolute Gasteiger partial charge is 0.233 e. The molecule has 25 heavy (non-hydrogen) atoms. The second-order valence-corrected chi connectivity index (χ2v) is 9.73. The molecule has 2 aliphatic rings. The summed E-state index contributed by atoms with van der Waals surface area (Å²) in [7, 11) is 0. The fourth-order valence-corrected chi connectivity index (χ4v) is 5.95. The van der Waals surface area contributed by atoms with Crippen LogP contribution in [0.4, 0.5) is 0 Å². The lowest BCUT2D eigenvalue weighted by Gasteiger charge is -2.39. The summed E-state index contributed by atoms with van der Waals surface area (Å²) in [6.45, 7) is 7.93. The molecule has 1 saturated carbocycles. The van der Waals surface area contributed by atoms with Gasteiger partial charge in [-0.2, -0.15) is 5.10 Å². The molecule has 1 aromatic carbocycles. The van der Waals surface area contributed by atoms with Crippen molar-refractivity contribution >= 4 is 28.4 Å². The van der Waals surface area contributed by atoms with Crippen LogP contribution in [-0.2, 0) is 4.79 Å². The Hall–Kier alpha value is -1.62. The fraction of sp³-hybridized carbons (Fsp3) is 0.550. The van der Waals surface area contributed by atoms with Gasteiger partial charge < -0.3 is 4.90 Å². The standard InChI is InChI=1S/C20H25N3OS/c1-19(2)8-15-9-20(3,12-19)13-23(15)17(24)11-25-18-16-7-5-4-6-14(16)10-21-22-18/h4-7,10,15H,8-9,11-13H2,1-3H3/t15-,20+/m0/s1. The minimum atomic E-state index is 0.242. The van der Waals surface area contributed by atoms with Gasteiger partial charge in [-0.05, 0) is 30.1 Å². The van der Waals surface area contributed by atoms with Crippen molar-refractivity contribution in [2.45, 2.75) is 51.1 Å². The molecule has 2 bridgehead atoms. The molecule has 0 radical (unpaired) electrons. The van der Waals surface area contributed by atoms with Gasteiger partial charge in [0, 0.05) is 23.4 Å². The van der Waals surface area contributed by atoms with Crippen LogP contribution in [0.2, 0.25) is 0 Å². The molecule has 0 spiro atoms. The van der Waals surface area contributed by atoms with Crippen LogP contribution < -0.4 is 0 Å². The van der Waals surface area contributed by atoms with Crippen LogP contribution in [0.15, 0.2) is 35.5 Å². The van der Waals surface area contributed by atoms with E-state index in [9.17, 15) is 4.79 Å². The van der Waals surface area contributed by atoms with Crippen LogP contribution in [-0.4, -0.2) is 39.3 Å². The number of rotatable bonds is 3. The number of hydrogen-bond donors (Lipinski definition) is 0. The average Bonchev–Trinajstić information content (AvgIpc) is 2.81. The Morgan fingerprint density at radius 3 is 2.92 bits per heavy atom. The SMILES string of the molecule is CC1(C)C[C@H]2C[C@@](C)(CN2C(=O)CSc2nncc3ccccc23)C1. The van der Waals surface area contributed by atoms with Gasteiger partial charge in [-0.3, -0.25) is 4.79 Å². The highest BCUT2D eigenvalue weighted by molar-refractivity contribution is 8.00. The molecule has 2 heterocycles. The van der Waals surface area contributed by atoms with Crippen molar-refractivity contribution in [1.82, 2.24) is 15.1 Å². The van der Waals surface area contributed by atoms with Gasteiger partial charge in [0.1, 0.15) is 5.03 Å². The van der Waals surface area contributed by atoms with E-state index in [1.807, 2.05) is 24.3 Å². The lowest BCUT2D eigenvalue weighted by atomic mass is 9.65. The Morgan fingerprint density at radius 1 is 1.28 bits per heavy atom. The predicted molar refractivity (Wildman–Crippen MR) is 102 cm³/mol. The maximum absolute atomic E-state index is 12.9. The van der Waals surface area contributed by atoms with Gasteiger partial charge in [0.25, 0.3) is 0 Å². The van der Waals surface area contributed by atoms with Crippen molar-refractivity contribution in [2.24, 2.45) is 10.8 Å². The third kappa shape index (κ3) is 3.26. The molecule has 132 valence electrons. The highest BCUT2D eigenvalue weighted by atomic mass is 32.2. The van der Waals surface area contributed by atoms with E-state index in [1.54, 1.807) is 6.20 Å². The quantitative estimate of drug-likeness (QED) is 0.776. The molecule has 1 aliphatic heterocycles. The number of likely N-dealkylation sites (tertiary alicyclic amines) is 1. The molecular formula is C20H25N3OS. The van der Waals surface area contributed by atoms with Crippen molar-refractivity contribution in [3.8, 4) is 0 Å². The van der Waals surface area contributed by atoms with E-state index in [2.05, 4.69) is 35.9 Å². The van der Waals surface area contributed by atoms with Crippen LogP contribution in [0, 0.1) is 10.8 Å². The van der Waals surface area contributed by atoms with Crippen molar-refractivity contribution in [3.63, 3.8) is 0 Å². The number of thioether (sulfide) groups is 1. The zero-order valence-corrected chi connectivity index (χ0v) is 16.0. The van der Waals surface area contributed by atoms with Crippen LogP contribution >= 0.6 is 11.8 Å². The van der Waals surface area contributed by atoms with Gasteiger partial charge in [-0.25, -0.2) is 0 Å². The molecule has 2 fully saturated rings. The molecule has 1 aromatic heterocycles. The van der Waals surface area contributed by atoms with Gasteiger partial charge in [-0.15, -0.1) is 5.10 Å². The first-order chi connectivity index (χ1) is 11.9. The minimum Gasteiger partial charge on any atom is -0.338 e. The van der Waals surface area contributed by atoms with Gasteiger partial charge in [-0.1, -0.05) is 56.8 Å². The van der Waals surface area contributed by atoms with Crippen LogP contribution in [0.3, 0.4) is 0 Å². The van der Waals surface area contributed by atoms with Crippen LogP contribution in [0.25, 0.3) is 10.8 Å². The van der Waals surface area contributed by atoms with Crippen LogP contribution in [0.1, 0.15) is 40.0 Å². The number of fused-ring (bicyclic) bond motifs is 3. The summed E-state index contributed by atoms with van der Waals surface area (Å²) < 4.78 is 0. The molecule has 0 unspecified atom stereocenters. The first-order valence-electron chi connectivity index (χ1n) is 8.98. The van der Waals surface area contributed by atoms with E-state index in [-0.39, 0.29) is 11.3 Å². The number of nitrogens with zero attached hydrogens (tertiary/aromatic N) is 3. The van der Waals surface area contributed by atoms with E-state index in [0.29, 0.717) is 17.2 Å². The van der Waals surface area contributed by atoms with E-state index in [0.717, 1.165) is 35.2 Å². The first-order valence-corrected chi connectivity index (χ1v) is 9.97. The fourth-order valence-electron chi connectivity index (χ4n) is 5.07. The zero-order chi connectivity index (χ0) is 17.7. The second kappa shape index (κ2) is 5.97. The van der Waals surface area contributed by atoms with Crippen molar-refractivity contribution in [1.29, 1.82) is 0 Å². The van der Waals surface area contributed by atoms with Crippen molar-refractivity contribution in [3.05, 3.63) is 30.5 Å². The normalized spacial score (nSPS) is 27.6. The summed E-state index contributed by atoms with van der Waals surface area (Å²) in [4.78, 5) is 15.0. The highest BCUT2D eigenvalue weighted by Gasteiger charge is 2.50. The largest absolute Gasteiger partial charge is 0.338 e. The lowest BCUT2D eigenvalue weighted by Crippen LogP contribution is -2.38. The number of carbonyl (C=O) groups is 1. The first kappa shape index (κ1) is 16.8. The molecule has 1 amide bonds. The lowest BCUT2D eigenvalue weighted by molar-refractivity contribution is -0.129. The molecule has 2 aromatic rings. The van der Waals surface area contributed by atoms with Gasteiger partial charge in [0.05, 0.1) is 11.9 Å². The molecular weight excluding hydrogens is 330 g/mol. The summed E-state index contributed by atoms with van der Waals surface area (Å²) in [6.07, 6.45) is 5.25. The molecule has 1 saturated heterocycles. The Morgan fingerprint density at radius 2 is 2.08 bits per heavy atom. The number of benzene rings is 1. The van der Waals surface area contributed by atoms with E-state index in [4.69, 9.17) is 0 Å². The summed E-state index contributed by atoms with van der Waals surface area (Å²) in [5.41, 5.74) is 0.618. The summed E-state index contributed by atoms with van der Waals surface area (Å²) in [5, 5.41) is 11.3. The number of amides is 1. The molecule has 4 nitrogen and oxygen atoms in total. The molecule has 0 N–H and O–H groups in total. The van der Waals surface area contributed by atoms with Crippen LogP contribution in [0.5, 0.6) is 0 Å². The Labute approximate surface area is 153 Å². The molecule has 2 atom stereocenters. The Bertz CT molecular complexity index is 816. The molecule has 4 rings (SSSR count). The third-order valence-corrected chi connectivity index (χ3v) is 6.57. The monoisotopic (exact) mass is 355 g/mol. The average molecular weight is 356 g/mol. The van der Waals surface area contributed by atoms with E-state index >= 15 is 0 Å². The second-order valence-electron chi connectivity index (χ2n) is 8.76. The summed E-state index contributed by atoms with van der Waals surface area (Å²) >= 11 is 1.51. The molecule has 5 heteroatoms. The van der Waals surface area contributed by atoms with Crippen molar-refractivity contribution in [2.75, 3.05) is 12.3 Å². The summed E-state index contributed by atoms with van der Waals surface area (Å²) in [5.74, 6) is 0.682. The number of hydrogen-bond acceptors (Lipinski definition) is 4. The molecule has 1 aliphatic carbocycles. The maximum atomic E-state index is 12.9. The predicted octanol–water partition coefficient (Wildman–Crippen LogP) is 4.15. The highest BCUT2D eigenvalue weighted by Crippen LogP contribution is 2.52. The third-order valence-electron chi connectivity index (χ3n) is 5.60.